The van der Waals surface area contributed by atoms with Crippen molar-refractivity contribution in [3.05, 3.63) is 30.6 Å². The predicted molar refractivity (Wildman–Crippen MR) is 171 cm³/mol. The van der Waals surface area contributed by atoms with Gasteiger partial charge in [0.25, 0.3) is 0 Å². The van der Waals surface area contributed by atoms with E-state index in [4.69, 9.17) is 20.0 Å². The molecule has 5 rings (SSSR count). The minimum Gasteiger partial charge on any atom is -0.543 e. The molecule has 1 fully saturated rings. The Hall–Kier alpha value is -3.93. The van der Waals surface area contributed by atoms with Crippen molar-refractivity contribution < 1.29 is 18.8 Å². The molecule has 4 aromatic rings. The van der Waals surface area contributed by atoms with Gasteiger partial charge in [-0.1, -0.05) is 20.8 Å². The zero-order chi connectivity index (χ0) is 31.5. The molecule has 0 saturated carbocycles. The summed E-state index contributed by atoms with van der Waals surface area (Å²) >= 11 is 0. The van der Waals surface area contributed by atoms with E-state index in [0.29, 0.717) is 41.0 Å². The lowest BCUT2D eigenvalue weighted by molar-refractivity contribution is -0.130. The highest BCUT2D eigenvalue weighted by molar-refractivity contribution is 6.74. The molecule has 11 nitrogen and oxygen atoms in total. The van der Waals surface area contributed by atoms with Crippen LogP contribution in [-0.2, 0) is 9.53 Å². The summed E-state index contributed by atoms with van der Waals surface area (Å²) in [6.07, 6.45) is 2.35. The van der Waals surface area contributed by atoms with E-state index in [1.807, 2.05) is 54.6 Å². The first-order valence-corrected chi connectivity index (χ1v) is 17.7. The summed E-state index contributed by atoms with van der Waals surface area (Å²) in [5.41, 5.74) is 8.02. The number of piperidine rings is 1. The standard InChI is InChI=1S/C31H43N7O4Si/c1-19(39)36-14-12-21(13-15-36)38-28-25(27(32)33-18-34-28)26(35-38)24-17-20-16-22(42-43(8,9)31(5,6)7)10-11-23(20)37(24)29(40)41-30(2,3)4/h10-11,16-18,21H,12-15H2,1-9H3,(H2,32,33,34). The molecule has 1 aliphatic heterocycles. The first kappa shape index (κ1) is 30.5. The van der Waals surface area contributed by atoms with Crippen molar-refractivity contribution in [1.82, 2.24) is 29.2 Å². The number of hydrogen-bond acceptors (Lipinski definition) is 8. The molecular formula is C31H43N7O4Si. The Balaban J connectivity index is 1.68. The molecule has 0 unspecified atom stereocenters. The Labute approximate surface area is 253 Å². The van der Waals surface area contributed by atoms with E-state index in [9.17, 15) is 9.59 Å². The average molecular weight is 606 g/mol. The van der Waals surface area contributed by atoms with Gasteiger partial charge in [-0.05, 0) is 76.0 Å². The number of nitrogen functional groups attached to an aromatic ring is 1. The van der Waals surface area contributed by atoms with Crippen LogP contribution >= 0.6 is 0 Å². The topological polar surface area (TPSA) is 130 Å². The van der Waals surface area contributed by atoms with Crippen molar-refractivity contribution in [2.24, 2.45) is 0 Å². The average Bonchev–Trinajstić information content (AvgIpc) is 3.46. The molecular weight excluding hydrogens is 562 g/mol. The first-order chi connectivity index (χ1) is 20.0. The Morgan fingerprint density at radius 3 is 2.30 bits per heavy atom. The van der Waals surface area contributed by atoms with Gasteiger partial charge in [-0.2, -0.15) is 5.10 Å². The van der Waals surface area contributed by atoms with Crippen molar-refractivity contribution in [1.29, 1.82) is 0 Å². The Morgan fingerprint density at radius 2 is 1.70 bits per heavy atom. The van der Waals surface area contributed by atoms with E-state index in [1.165, 1.54) is 6.33 Å². The lowest BCUT2D eigenvalue weighted by Crippen LogP contribution is -2.43. The van der Waals surface area contributed by atoms with Crippen LogP contribution < -0.4 is 10.2 Å². The second-order valence-corrected chi connectivity index (χ2v) is 18.6. The molecule has 0 radical (unpaired) electrons. The zero-order valence-corrected chi connectivity index (χ0v) is 27.7. The second-order valence-electron chi connectivity index (χ2n) is 13.9. The highest BCUT2D eigenvalue weighted by Crippen LogP contribution is 2.40. The smallest absolute Gasteiger partial charge is 0.419 e. The van der Waals surface area contributed by atoms with Crippen molar-refractivity contribution in [2.75, 3.05) is 18.8 Å². The Morgan fingerprint density at radius 1 is 1.02 bits per heavy atom. The summed E-state index contributed by atoms with van der Waals surface area (Å²) in [6.45, 7) is 19.4. The van der Waals surface area contributed by atoms with Crippen LogP contribution in [0.3, 0.4) is 0 Å². The Kier molecular flexibility index (Phi) is 7.56. The summed E-state index contributed by atoms with van der Waals surface area (Å²) in [5.74, 6) is 1.09. The molecule has 1 amide bonds. The number of carbonyl (C=O) groups excluding carboxylic acids is 2. The van der Waals surface area contributed by atoms with Gasteiger partial charge in [0.05, 0.1) is 22.6 Å². The lowest BCUT2D eigenvalue weighted by Gasteiger charge is -2.36. The van der Waals surface area contributed by atoms with Gasteiger partial charge in [-0.15, -0.1) is 0 Å². The lowest BCUT2D eigenvalue weighted by atomic mass is 10.1. The minimum atomic E-state index is -2.10. The molecule has 1 aromatic carbocycles. The van der Waals surface area contributed by atoms with Crippen LogP contribution in [0.15, 0.2) is 30.6 Å². The van der Waals surface area contributed by atoms with Crippen LogP contribution in [0.25, 0.3) is 33.3 Å². The summed E-state index contributed by atoms with van der Waals surface area (Å²) in [6, 6.07) is 7.70. The van der Waals surface area contributed by atoms with E-state index >= 15 is 0 Å². The maximum Gasteiger partial charge on any atom is 0.419 e. The van der Waals surface area contributed by atoms with Gasteiger partial charge in [-0.25, -0.2) is 24.0 Å². The Bertz CT molecular complexity index is 1700. The van der Waals surface area contributed by atoms with E-state index in [-0.39, 0.29) is 22.8 Å². The van der Waals surface area contributed by atoms with Crippen LogP contribution in [0.2, 0.25) is 18.1 Å². The molecule has 0 atom stereocenters. The highest BCUT2D eigenvalue weighted by atomic mass is 28.4. The predicted octanol–water partition coefficient (Wildman–Crippen LogP) is 6.38. The molecule has 0 spiro atoms. The third kappa shape index (κ3) is 5.84. The van der Waals surface area contributed by atoms with Gasteiger partial charge >= 0.3 is 6.09 Å². The maximum absolute atomic E-state index is 13.8. The second kappa shape index (κ2) is 10.7. The van der Waals surface area contributed by atoms with Crippen molar-refractivity contribution in [3.63, 3.8) is 0 Å². The molecule has 0 aliphatic carbocycles. The third-order valence-corrected chi connectivity index (χ3v) is 12.9. The van der Waals surface area contributed by atoms with Crippen LogP contribution in [0.5, 0.6) is 5.75 Å². The van der Waals surface area contributed by atoms with E-state index in [0.717, 1.165) is 24.0 Å². The summed E-state index contributed by atoms with van der Waals surface area (Å²) in [7, 11) is -2.10. The van der Waals surface area contributed by atoms with Gasteiger partial charge < -0.3 is 19.8 Å². The molecule has 12 heteroatoms. The normalized spacial score (nSPS) is 15.3. The van der Waals surface area contributed by atoms with Crippen molar-refractivity contribution in [3.8, 4) is 17.1 Å². The SMILES string of the molecule is CC(=O)N1CCC(n2nc(-c3cc4cc(O[Si](C)(C)C(C)(C)C)ccc4n3C(=O)OC(C)(C)C)c3c(N)ncnc32)CC1. The number of amides is 1. The molecule has 43 heavy (non-hydrogen) atoms. The molecule has 230 valence electrons. The summed E-state index contributed by atoms with van der Waals surface area (Å²) in [4.78, 5) is 36.4. The zero-order valence-electron chi connectivity index (χ0n) is 26.7. The van der Waals surface area contributed by atoms with Gasteiger partial charge in [0.1, 0.15) is 29.2 Å². The molecule has 2 N–H and O–H groups in total. The van der Waals surface area contributed by atoms with Gasteiger partial charge in [-0.3, -0.25) is 4.79 Å². The largest absolute Gasteiger partial charge is 0.543 e. The third-order valence-electron chi connectivity index (χ3n) is 8.54. The van der Waals surface area contributed by atoms with Crippen LogP contribution in [0, 0.1) is 0 Å². The minimum absolute atomic E-state index is 0.00472. The quantitative estimate of drug-likeness (QED) is 0.265. The number of nitrogens with two attached hydrogens (primary N) is 1. The fourth-order valence-electron chi connectivity index (χ4n) is 5.24. The number of anilines is 1. The van der Waals surface area contributed by atoms with E-state index < -0.39 is 20.0 Å². The number of benzene rings is 1. The summed E-state index contributed by atoms with van der Waals surface area (Å²) in [5, 5.41) is 6.45. The molecule has 4 heterocycles. The van der Waals surface area contributed by atoms with Crippen molar-refractivity contribution in [2.45, 2.75) is 91.1 Å². The molecule has 1 saturated heterocycles. The molecule has 0 bridgehead atoms. The summed E-state index contributed by atoms with van der Waals surface area (Å²) < 4.78 is 15.9. The monoisotopic (exact) mass is 605 g/mol. The first-order valence-electron chi connectivity index (χ1n) is 14.8. The number of fused-ring (bicyclic) bond motifs is 2. The highest BCUT2D eigenvalue weighted by Gasteiger charge is 2.39. The van der Waals surface area contributed by atoms with E-state index in [1.54, 1.807) is 11.5 Å². The fourth-order valence-corrected chi connectivity index (χ4v) is 6.26. The fraction of sp³-hybridized carbons (Fsp3) is 0.516. The van der Waals surface area contributed by atoms with Crippen molar-refractivity contribution >= 4 is 48.1 Å². The van der Waals surface area contributed by atoms with Gasteiger partial charge in [0.15, 0.2) is 5.65 Å². The van der Waals surface area contributed by atoms with Gasteiger partial charge in [0.2, 0.25) is 14.2 Å². The number of carbonyl (C=O) groups is 2. The number of likely N-dealkylation sites (tertiary alicyclic amines) is 1. The van der Waals surface area contributed by atoms with Crippen LogP contribution in [0.1, 0.15) is 67.3 Å². The number of ether oxygens (including phenoxy) is 1. The van der Waals surface area contributed by atoms with Crippen LogP contribution in [-0.4, -0.2) is 68.2 Å². The molecule has 1 aliphatic rings. The number of nitrogens with zero attached hydrogens (tertiary/aromatic N) is 6. The number of hydrogen-bond donors (Lipinski definition) is 1. The maximum atomic E-state index is 13.8. The van der Waals surface area contributed by atoms with Gasteiger partial charge in [0, 0.05) is 25.4 Å². The molecule has 3 aromatic heterocycles. The number of aromatic nitrogens is 5. The van der Waals surface area contributed by atoms with E-state index in [2.05, 4.69) is 43.8 Å². The number of rotatable bonds is 4. The van der Waals surface area contributed by atoms with Crippen LogP contribution in [0.4, 0.5) is 10.6 Å².